The average Bonchev–Trinajstić information content (AvgIpc) is 3.43. The van der Waals surface area contributed by atoms with Crippen LogP contribution in [0.2, 0.25) is 0 Å². The van der Waals surface area contributed by atoms with Gasteiger partial charge in [-0.25, -0.2) is 4.79 Å². The third kappa shape index (κ3) is 15.3. The molecule has 15 nitrogen and oxygen atoms in total. The highest BCUT2D eigenvalue weighted by Gasteiger charge is 2.55. The van der Waals surface area contributed by atoms with Gasteiger partial charge >= 0.3 is 11.8 Å². The van der Waals surface area contributed by atoms with E-state index >= 15 is 0 Å². The lowest BCUT2D eigenvalue weighted by Gasteiger charge is -2.40. The fourth-order valence-corrected chi connectivity index (χ4v) is 10.6. The van der Waals surface area contributed by atoms with Crippen LogP contribution >= 0.6 is 0 Å². The third-order valence-corrected chi connectivity index (χ3v) is 14.9. The summed E-state index contributed by atoms with van der Waals surface area (Å²) in [6, 6.07) is -1.17. The molecule has 0 spiro atoms. The van der Waals surface area contributed by atoms with Crippen molar-refractivity contribution in [2.75, 3.05) is 40.6 Å². The summed E-state index contributed by atoms with van der Waals surface area (Å²) in [5.41, 5.74) is 1.19. The number of amides is 1. The fraction of sp³-hybridized carbons (Fsp3) is 0.755. The Morgan fingerprint density at radius 2 is 1.59 bits per heavy atom. The van der Waals surface area contributed by atoms with Crippen LogP contribution in [0.1, 0.15) is 126 Å². The minimum absolute atomic E-state index is 0.0149. The highest BCUT2D eigenvalue weighted by molar-refractivity contribution is 6.09. The molecule has 4 aliphatic rings. The quantitative estimate of drug-likeness (QED) is 0.122. The molecule has 1 saturated carbocycles. The number of cyclic esters (lactones) is 1. The van der Waals surface area contributed by atoms with E-state index in [2.05, 4.69) is 0 Å². The maximum absolute atomic E-state index is 14.7. The molecule has 15 atom stereocenters. The average molecular weight is 958 g/mol. The minimum Gasteiger partial charge on any atom is -0.460 e. The van der Waals surface area contributed by atoms with Crippen molar-refractivity contribution in [1.82, 2.24) is 4.90 Å². The van der Waals surface area contributed by atoms with E-state index < -0.39 is 84.2 Å². The number of ether oxygens (including phenoxy) is 5. The molecule has 1 unspecified atom stereocenters. The predicted octanol–water partition coefficient (Wildman–Crippen LogP) is 5.79. The third-order valence-electron chi connectivity index (χ3n) is 14.9. The zero-order chi connectivity index (χ0) is 50.3. The number of rotatable bonds is 9. The zero-order valence-electron chi connectivity index (χ0n) is 42.2. The Kier molecular flexibility index (Phi) is 22.9. The van der Waals surface area contributed by atoms with Crippen molar-refractivity contribution in [2.24, 2.45) is 41.4 Å². The zero-order valence-corrected chi connectivity index (χ0v) is 42.2. The van der Waals surface area contributed by atoms with Crippen LogP contribution in [0.4, 0.5) is 0 Å². The number of ketones is 3. The van der Waals surface area contributed by atoms with E-state index in [4.69, 9.17) is 23.7 Å². The standard InChI is InChI=1S/C53H83NO14/c1-32-15-11-10-12-16-33(2)45(64-8)29-40-20-18-34(3)50(60)53(63,68-40)52(62)54-22-14-13-17-42(54)51(61)67-46(36(5)27-39-19-21-44(66-24-23-55)47(28-39)65-9)30-43(57)35(4)26-38(7)49(59)41(31-56)48(58)37(6)25-32/h10-12,15-16,26,32,34-37,39-42,44-47,49,55-56,59,63H,13-14,17-25,27-31H2,1-9H3/b12-10+,15-11+,33-16?,38-26+/t32-,34-,35-,36-,37-,39+,40+,41+,42+,44-,45+,46+,47-,49-,53?/m1/s1. The maximum atomic E-state index is 14.7. The van der Waals surface area contributed by atoms with Crippen LogP contribution in [-0.4, -0.2) is 144 Å². The van der Waals surface area contributed by atoms with Gasteiger partial charge in [0.15, 0.2) is 0 Å². The summed E-state index contributed by atoms with van der Waals surface area (Å²) in [5, 5.41) is 43.4. The van der Waals surface area contributed by atoms with Crippen LogP contribution < -0.4 is 0 Å². The molecule has 2 saturated heterocycles. The van der Waals surface area contributed by atoms with Crippen molar-refractivity contribution < 1.29 is 68.1 Å². The number of piperidine rings is 1. The predicted molar refractivity (Wildman–Crippen MR) is 256 cm³/mol. The molecular formula is C53H83NO14. The van der Waals surface area contributed by atoms with Gasteiger partial charge in [-0.1, -0.05) is 71.1 Å². The van der Waals surface area contributed by atoms with Gasteiger partial charge in [0.25, 0.3) is 5.91 Å². The van der Waals surface area contributed by atoms with Gasteiger partial charge in [-0.2, -0.15) is 0 Å². The molecule has 384 valence electrons. The van der Waals surface area contributed by atoms with Gasteiger partial charge < -0.3 is 49.0 Å². The molecule has 15 heteroatoms. The van der Waals surface area contributed by atoms with Crippen molar-refractivity contribution in [3.05, 3.63) is 47.6 Å². The van der Waals surface area contributed by atoms with Gasteiger partial charge in [0.2, 0.25) is 5.78 Å². The lowest BCUT2D eigenvalue weighted by atomic mass is 9.78. The van der Waals surface area contributed by atoms with Gasteiger partial charge in [0.1, 0.15) is 23.7 Å². The monoisotopic (exact) mass is 958 g/mol. The van der Waals surface area contributed by atoms with Crippen LogP contribution in [0, 0.1) is 41.4 Å². The topological polar surface area (TPSA) is 216 Å². The Bertz CT molecular complexity index is 1810. The number of aliphatic hydroxyl groups excluding tert-OH is 3. The molecule has 0 aromatic rings. The maximum Gasteiger partial charge on any atom is 0.329 e. The number of nitrogens with zero attached hydrogens (tertiary/aromatic N) is 1. The number of hydrogen-bond acceptors (Lipinski definition) is 14. The van der Waals surface area contributed by atoms with Crippen molar-refractivity contribution in [3.8, 4) is 0 Å². The lowest BCUT2D eigenvalue weighted by molar-refractivity contribution is -0.231. The molecule has 0 radical (unpaired) electrons. The molecule has 3 heterocycles. The van der Waals surface area contributed by atoms with Crippen molar-refractivity contribution >= 4 is 29.2 Å². The minimum atomic E-state index is -2.86. The van der Waals surface area contributed by atoms with E-state index in [9.17, 15) is 44.4 Å². The molecule has 1 aliphatic carbocycles. The molecular weight excluding hydrogens is 875 g/mol. The highest BCUT2D eigenvalue weighted by Crippen LogP contribution is 2.37. The molecule has 0 aromatic heterocycles. The van der Waals surface area contributed by atoms with Crippen LogP contribution in [0.15, 0.2) is 47.6 Å². The first-order valence-corrected chi connectivity index (χ1v) is 25.1. The van der Waals surface area contributed by atoms with Gasteiger partial charge in [-0.15, -0.1) is 0 Å². The number of carbonyl (C=O) groups is 5. The normalized spacial score (nSPS) is 38.4. The summed E-state index contributed by atoms with van der Waals surface area (Å²) in [4.78, 5) is 72.4. The van der Waals surface area contributed by atoms with Gasteiger partial charge in [-0.05, 0) is 107 Å². The summed E-state index contributed by atoms with van der Waals surface area (Å²) in [6.45, 7) is 12.1. The summed E-state index contributed by atoms with van der Waals surface area (Å²) >= 11 is 0. The number of Topliss-reactive ketones (excluding diaryl/α,β-unsaturated/α-hetero) is 3. The summed E-state index contributed by atoms with van der Waals surface area (Å²) < 4.78 is 30.1. The molecule has 3 fully saturated rings. The number of fused-ring (bicyclic) bond motifs is 3. The first kappa shape index (κ1) is 57.2. The van der Waals surface area contributed by atoms with E-state index in [-0.39, 0.29) is 80.5 Å². The highest BCUT2D eigenvalue weighted by atomic mass is 16.6. The van der Waals surface area contributed by atoms with Crippen LogP contribution in [0.5, 0.6) is 0 Å². The number of hydrogen-bond donors (Lipinski definition) is 4. The second-order valence-corrected chi connectivity index (χ2v) is 20.3. The second-order valence-electron chi connectivity index (χ2n) is 20.3. The van der Waals surface area contributed by atoms with Crippen LogP contribution in [0.3, 0.4) is 0 Å². The SMILES string of the molecule is CO[C@H]1C[C@@H]2CC[C@@H](C)C(=O)C(O)(O2)C(=O)N2CCCC[C@H]2C(=O)O[C@H]([C@H](C)C[C@@H]2CC[C@@H](OCCO)[C@H](OC)C2)CC(=O)[C@H](C)/C=C(\C)[C@@H](O)[C@@H](CO)C(=O)[C@H](C)C[C@H](C)/C=C/C=C/C=C1C. The number of methoxy groups -OCH3 is 2. The molecule has 1 amide bonds. The Labute approximate surface area is 404 Å². The van der Waals surface area contributed by atoms with Crippen molar-refractivity contribution in [1.29, 1.82) is 0 Å². The fourth-order valence-electron chi connectivity index (χ4n) is 10.6. The second kappa shape index (κ2) is 27.3. The van der Waals surface area contributed by atoms with Crippen LogP contribution in [-0.2, 0) is 47.7 Å². The molecule has 3 aliphatic heterocycles. The number of esters is 1. The number of aliphatic hydroxyl groups is 4. The Morgan fingerprint density at radius 1 is 0.853 bits per heavy atom. The number of carbonyl (C=O) groups excluding carboxylic acids is 5. The molecule has 4 N–H and O–H groups in total. The van der Waals surface area contributed by atoms with Gasteiger partial charge in [-0.3, -0.25) is 19.2 Å². The molecule has 68 heavy (non-hydrogen) atoms. The summed E-state index contributed by atoms with van der Waals surface area (Å²) in [5.74, 6) is -9.32. The number of allylic oxidation sites excluding steroid dienone is 6. The molecule has 0 aromatic carbocycles. The Hall–Kier alpha value is -3.41. The van der Waals surface area contributed by atoms with Crippen molar-refractivity contribution in [2.45, 2.75) is 174 Å². The van der Waals surface area contributed by atoms with Gasteiger partial charge in [0, 0.05) is 51.4 Å². The summed E-state index contributed by atoms with van der Waals surface area (Å²) in [7, 11) is 3.18. The Morgan fingerprint density at radius 3 is 2.26 bits per heavy atom. The molecule has 4 rings (SSSR count). The first-order chi connectivity index (χ1) is 32.3. The lowest BCUT2D eigenvalue weighted by Crippen LogP contribution is -2.62. The van der Waals surface area contributed by atoms with E-state index in [1.165, 1.54) is 4.90 Å². The van der Waals surface area contributed by atoms with E-state index in [0.717, 1.165) is 12.0 Å². The summed E-state index contributed by atoms with van der Waals surface area (Å²) in [6.07, 6.45) is 12.3. The van der Waals surface area contributed by atoms with Crippen LogP contribution in [0.25, 0.3) is 0 Å². The first-order valence-electron chi connectivity index (χ1n) is 25.1. The van der Waals surface area contributed by atoms with Gasteiger partial charge in [0.05, 0.1) is 56.3 Å². The van der Waals surface area contributed by atoms with E-state index in [0.29, 0.717) is 56.9 Å². The van der Waals surface area contributed by atoms with Crippen molar-refractivity contribution in [3.63, 3.8) is 0 Å². The molecule has 2 bridgehead atoms. The van der Waals surface area contributed by atoms with E-state index in [1.54, 1.807) is 48.0 Å². The Balaban J connectivity index is 1.73. The largest absolute Gasteiger partial charge is 0.460 e. The van der Waals surface area contributed by atoms with E-state index in [1.807, 2.05) is 51.2 Å². The smallest absolute Gasteiger partial charge is 0.329 e.